The first-order valence-electron chi connectivity index (χ1n) is 13.3. The highest BCUT2D eigenvalue weighted by molar-refractivity contribution is 5.73. The van der Waals surface area contributed by atoms with Crippen molar-refractivity contribution in [3.8, 4) is 0 Å². The van der Waals surface area contributed by atoms with E-state index < -0.39 is 12.0 Å². The average molecular weight is 515 g/mol. The number of hydrogen-bond donors (Lipinski definition) is 1. The molecule has 3 aliphatic carbocycles. The van der Waals surface area contributed by atoms with E-state index in [4.69, 9.17) is 33.2 Å². The fourth-order valence-electron chi connectivity index (χ4n) is 6.59. The molecule has 0 amide bonds. The van der Waals surface area contributed by atoms with E-state index in [0.29, 0.717) is 31.1 Å². The molecule has 0 aliphatic heterocycles. The molecular weight excluding hydrogens is 468 g/mol. The quantitative estimate of drug-likeness (QED) is 0.253. The summed E-state index contributed by atoms with van der Waals surface area (Å²) < 4.78 is 39.0. The summed E-state index contributed by atoms with van der Waals surface area (Å²) in [5.41, 5.74) is 0. The molecule has 2 fully saturated rings. The molecule has 0 spiro atoms. The van der Waals surface area contributed by atoms with Gasteiger partial charge in [-0.25, -0.2) is 0 Å². The fraction of sp³-hybridized carbons (Fsp3) is 0.889. The van der Waals surface area contributed by atoms with Crippen LogP contribution >= 0.6 is 0 Å². The van der Waals surface area contributed by atoms with Gasteiger partial charge in [-0.15, -0.1) is 0 Å². The van der Waals surface area contributed by atoms with Crippen molar-refractivity contribution in [2.45, 2.75) is 70.4 Å². The van der Waals surface area contributed by atoms with Crippen LogP contribution in [-0.2, 0) is 38.0 Å². The topological polar surface area (TPSA) is 102 Å². The van der Waals surface area contributed by atoms with Crippen LogP contribution in [0, 0.1) is 35.5 Å². The Bertz CT molecular complexity index is 686. The SMILES string of the molecule is CCOC(=O)C1C[C@@H]2[C@H]3C[C@H](C)[C@H](OCOC)[C@H]3C=C[C@@H]2C[C@@H](OCOC)C[C@@H](OCOC)CC1O. The number of methoxy groups -OCH3 is 3. The first kappa shape index (κ1) is 29.5. The zero-order chi connectivity index (χ0) is 26.1. The minimum atomic E-state index is -0.892. The minimum Gasteiger partial charge on any atom is -0.466 e. The van der Waals surface area contributed by atoms with E-state index in [2.05, 4.69) is 19.1 Å². The van der Waals surface area contributed by atoms with Crippen LogP contribution in [0.2, 0.25) is 0 Å². The Kier molecular flexibility index (Phi) is 12.1. The lowest BCUT2D eigenvalue weighted by Gasteiger charge is -2.42. The van der Waals surface area contributed by atoms with Gasteiger partial charge >= 0.3 is 5.97 Å². The number of fused-ring (bicyclic) bond motifs is 3. The van der Waals surface area contributed by atoms with Crippen LogP contribution in [0.15, 0.2) is 12.2 Å². The van der Waals surface area contributed by atoms with Crippen LogP contribution in [-0.4, -0.2) is 83.8 Å². The number of esters is 1. The van der Waals surface area contributed by atoms with E-state index in [1.807, 2.05) is 0 Å². The van der Waals surface area contributed by atoms with Crippen molar-refractivity contribution in [2.75, 3.05) is 48.3 Å². The molecule has 3 rings (SSSR count). The number of hydrogen-bond acceptors (Lipinski definition) is 9. The molecule has 36 heavy (non-hydrogen) atoms. The molecule has 0 aromatic carbocycles. The molecule has 9 heteroatoms. The van der Waals surface area contributed by atoms with Gasteiger partial charge in [0.25, 0.3) is 0 Å². The standard InChI is InChI=1S/C27H46O9/c1-6-33-27(29)24-13-22-18(7-8-21-23(22)9-17(2)26(21)36-16-32-5)10-19(34-14-30-3)11-20(12-25(24)28)35-15-31-4/h7-8,17-26,28H,6,9-16H2,1-5H3/t17-,18+,19+,20+,21-,22-,23-,24?,25?,26-/m0/s1. The van der Waals surface area contributed by atoms with Gasteiger partial charge in [0.2, 0.25) is 0 Å². The van der Waals surface area contributed by atoms with Gasteiger partial charge in [-0.05, 0) is 49.9 Å². The van der Waals surface area contributed by atoms with Crippen molar-refractivity contribution in [1.82, 2.24) is 0 Å². The van der Waals surface area contributed by atoms with E-state index in [-0.39, 0.29) is 69.0 Å². The van der Waals surface area contributed by atoms with Gasteiger partial charge in [-0.3, -0.25) is 4.79 Å². The molecule has 1 N–H and O–H groups in total. The summed E-state index contributed by atoms with van der Waals surface area (Å²) in [5.74, 6) is 0.363. The van der Waals surface area contributed by atoms with Crippen molar-refractivity contribution in [2.24, 2.45) is 35.5 Å². The molecule has 0 radical (unpaired) electrons. The molecule has 3 aliphatic rings. The van der Waals surface area contributed by atoms with Gasteiger partial charge in [0, 0.05) is 40.1 Å². The fourth-order valence-corrected chi connectivity index (χ4v) is 6.59. The molecule has 0 heterocycles. The van der Waals surface area contributed by atoms with Crippen LogP contribution in [0.5, 0.6) is 0 Å². The highest BCUT2D eigenvalue weighted by Gasteiger charge is 2.50. The predicted molar refractivity (Wildman–Crippen MR) is 132 cm³/mol. The van der Waals surface area contributed by atoms with E-state index in [1.54, 1.807) is 28.3 Å². The van der Waals surface area contributed by atoms with E-state index in [1.165, 1.54) is 0 Å². The van der Waals surface area contributed by atoms with Crippen LogP contribution in [0.25, 0.3) is 0 Å². The number of carbonyl (C=O) groups is 1. The largest absolute Gasteiger partial charge is 0.466 e. The van der Waals surface area contributed by atoms with Crippen LogP contribution in [0.3, 0.4) is 0 Å². The number of carbonyl (C=O) groups excluding carboxylic acids is 1. The summed E-state index contributed by atoms with van der Waals surface area (Å²) in [5, 5.41) is 11.3. The van der Waals surface area contributed by atoms with Gasteiger partial charge in [-0.2, -0.15) is 0 Å². The van der Waals surface area contributed by atoms with Crippen LogP contribution < -0.4 is 0 Å². The zero-order valence-electron chi connectivity index (χ0n) is 22.5. The van der Waals surface area contributed by atoms with Crippen LogP contribution in [0.4, 0.5) is 0 Å². The van der Waals surface area contributed by atoms with Gasteiger partial charge < -0.3 is 38.3 Å². The highest BCUT2D eigenvalue weighted by Crippen LogP contribution is 2.52. The molecule has 0 bridgehead atoms. The zero-order valence-corrected chi connectivity index (χ0v) is 22.5. The van der Waals surface area contributed by atoms with Crippen LogP contribution in [0.1, 0.15) is 46.0 Å². The maximum absolute atomic E-state index is 13.1. The maximum atomic E-state index is 13.1. The highest BCUT2D eigenvalue weighted by atomic mass is 16.7. The lowest BCUT2D eigenvalue weighted by molar-refractivity contribution is -0.158. The van der Waals surface area contributed by atoms with E-state index in [9.17, 15) is 9.90 Å². The van der Waals surface area contributed by atoms with Crippen molar-refractivity contribution >= 4 is 5.97 Å². The Hall–Kier alpha value is -1.07. The third-order valence-corrected chi connectivity index (χ3v) is 8.13. The third kappa shape index (κ3) is 7.49. The lowest BCUT2D eigenvalue weighted by Crippen LogP contribution is -2.43. The monoisotopic (exact) mass is 514 g/mol. The Morgan fingerprint density at radius 2 is 1.47 bits per heavy atom. The second-order valence-electron chi connectivity index (χ2n) is 10.5. The second kappa shape index (κ2) is 14.8. The molecule has 2 saturated carbocycles. The summed E-state index contributed by atoms with van der Waals surface area (Å²) in [6.07, 6.45) is 6.51. The number of aliphatic hydroxyl groups is 1. The maximum Gasteiger partial charge on any atom is 0.311 e. The first-order valence-corrected chi connectivity index (χ1v) is 13.3. The lowest BCUT2D eigenvalue weighted by atomic mass is 9.65. The van der Waals surface area contributed by atoms with Gasteiger partial charge in [0.15, 0.2) is 0 Å². The normalized spacial score (nSPS) is 38.8. The predicted octanol–water partition coefficient (Wildman–Crippen LogP) is 3.14. The Morgan fingerprint density at radius 1 is 0.833 bits per heavy atom. The average Bonchev–Trinajstić information content (AvgIpc) is 3.18. The molecule has 0 aromatic rings. The smallest absolute Gasteiger partial charge is 0.311 e. The van der Waals surface area contributed by atoms with Gasteiger partial charge in [0.05, 0.1) is 36.9 Å². The second-order valence-corrected chi connectivity index (χ2v) is 10.5. The number of ether oxygens (including phenoxy) is 7. The van der Waals surface area contributed by atoms with Crippen molar-refractivity contribution in [3.05, 3.63) is 12.2 Å². The minimum absolute atomic E-state index is 0.0703. The van der Waals surface area contributed by atoms with Crippen molar-refractivity contribution in [1.29, 1.82) is 0 Å². The number of allylic oxidation sites excluding steroid dienone is 1. The van der Waals surface area contributed by atoms with Gasteiger partial charge in [0.1, 0.15) is 20.4 Å². The molecule has 9 nitrogen and oxygen atoms in total. The Balaban J connectivity index is 1.92. The summed E-state index contributed by atoms with van der Waals surface area (Å²) in [6.45, 7) is 4.86. The molecule has 0 saturated heterocycles. The first-order chi connectivity index (χ1) is 17.4. The summed E-state index contributed by atoms with van der Waals surface area (Å²) in [6, 6.07) is 0. The molecule has 208 valence electrons. The molecule has 0 aromatic heterocycles. The Labute approximate surface area is 215 Å². The number of rotatable bonds is 11. The van der Waals surface area contributed by atoms with Gasteiger partial charge in [-0.1, -0.05) is 19.1 Å². The number of aliphatic hydroxyl groups excluding tert-OH is 1. The van der Waals surface area contributed by atoms with Crippen molar-refractivity contribution in [3.63, 3.8) is 0 Å². The molecule has 2 unspecified atom stereocenters. The van der Waals surface area contributed by atoms with E-state index in [0.717, 1.165) is 12.8 Å². The molecule has 10 atom stereocenters. The summed E-state index contributed by atoms with van der Waals surface area (Å²) in [7, 11) is 4.82. The summed E-state index contributed by atoms with van der Waals surface area (Å²) in [4.78, 5) is 13.1. The third-order valence-electron chi connectivity index (χ3n) is 8.13. The molecular formula is C27H46O9. The van der Waals surface area contributed by atoms with Crippen molar-refractivity contribution < 1.29 is 43.1 Å². The van der Waals surface area contributed by atoms with E-state index >= 15 is 0 Å². The Morgan fingerprint density at radius 3 is 2.11 bits per heavy atom. The summed E-state index contributed by atoms with van der Waals surface area (Å²) >= 11 is 0.